The van der Waals surface area contributed by atoms with Crippen molar-refractivity contribution in [2.24, 2.45) is 5.73 Å². The first kappa shape index (κ1) is 12.5. The Kier molecular flexibility index (Phi) is 3.19. The zero-order chi connectivity index (χ0) is 13.4. The minimum Gasteiger partial charge on any atom is -0.480 e. The van der Waals surface area contributed by atoms with E-state index in [1.807, 2.05) is 0 Å². The largest absolute Gasteiger partial charge is 0.480 e. The molecule has 102 valence electrons. The molecule has 1 aromatic carbocycles. The molecule has 0 amide bonds. The van der Waals surface area contributed by atoms with E-state index < -0.39 is 12.0 Å². The second-order valence-corrected chi connectivity index (χ2v) is 5.61. The Morgan fingerprint density at radius 3 is 2.37 bits per heavy atom. The fraction of sp³-hybridized carbons (Fsp3) is 0.533. The van der Waals surface area contributed by atoms with Gasteiger partial charge < -0.3 is 15.7 Å². The van der Waals surface area contributed by atoms with E-state index in [1.54, 1.807) is 0 Å². The van der Waals surface area contributed by atoms with Crippen molar-refractivity contribution < 1.29 is 9.90 Å². The number of nitrogens with zero attached hydrogens (tertiary/aromatic N) is 1. The van der Waals surface area contributed by atoms with E-state index in [1.165, 1.54) is 29.7 Å². The molecule has 0 bridgehead atoms. The number of carbonyl (C=O) groups is 1. The van der Waals surface area contributed by atoms with Crippen molar-refractivity contribution >= 4 is 11.7 Å². The van der Waals surface area contributed by atoms with Crippen LogP contribution in [0.3, 0.4) is 0 Å². The van der Waals surface area contributed by atoms with Gasteiger partial charge in [-0.15, -0.1) is 0 Å². The van der Waals surface area contributed by atoms with Crippen LogP contribution in [-0.2, 0) is 24.1 Å². The van der Waals surface area contributed by atoms with Gasteiger partial charge in [0, 0.05) is 18.8 Å². The Hall–Kier alpha value is -1.55. The minimum absolute atomic E-state index is 0.426. The summed E-state index contributed by atoms with van der Waals surface area (Å²) in [5.74, 6) is -0.923. The molecule has 1 unspecified atom stereocenters. The van der Waals surface area contributed by atoms with Crippen LogP contribution in [0, 0.1) is 0 Å². The Balaban J connectivity index is 1.94. The molecule has 3 rings (SSSR count). The fourth-order valence-corrected chi connectivity index (χ4v) is 3.33. The van der Waals surface area contributed by atoms with Gasteiger partial charge in [-0.05, 0) is 48.8 Å². The molecule has 1 atom stereocenters. The average Bonchev–Trinajstić information content (AvgIpc) is 2.39. The van der Waals surface area contributed by atoms with E-state index in [-0.39, 0.29) is 0 Å². The summed E-state index contributed by atoms with van der Waals surface area (Å²) >= 11 is 0. The van der Waals surface area contributed by atoms with Gasteiger partial charge in [0.05, 0.1) is 0 Å². The van der Waals surface area contributed by atoms with E-state index in [9.17, 15) is 4.79 Å². The second-order valence-electron chi connectivity index (χ2n) is 5.61. The van der Waals surface area contributed by atoms with Crippen LogP contribution in [0.2, 0.25) is 0 Å². The molecule has 2 aliphatic rings. The first-order chi connectivity index (χ1) is 9.15. The summed E-state index contributed by atoms with van der Waals surface area (Å²) in [5.41, 5.74) is 10.9. The molecule has 0 spiro atoms. The van der Waals surface area contributed by atoms with Crippen LogP contribution in [0.5, 0.6) is 0 Å². The SMILES string of the molecule is NC(Cc1cc2c3c(c1)CCCN3CCC2)C(=O)O. The molecule has 4 nitrogen and oxygen atoms in total. The number of hydrogen-bond donors (Lipinski definition) is 2. The summed E-state index contributed by atoms with van der Waals surface area (Å²) < 4.78 is 0. The molecule has 2 aliphatic heterocycles. The lowest BCUT2D eigenvalue weighted by atomic mass is 9.89. The van der Waals surface area contributed by atoms with E-state index in [0.717, 1.165) is 31.5 Å². The summed E-state index contributed by atoms with van der Waals surface area (Å²) in [6.07, 6.45) is 5.03. The number of rotatable bonds is 3. The van der Waals surface area contributed by atoms with Crippen LogP contribution < -0.4 is 10.6 Å². The van der Waals surface area contributed by atoms with E-state index in [2.05, 4.69) is 17.0 Å². The number of aliphatic carboxylic acids is 1. The highest BCUT2D eigenvalue weighted by Gasteiger charge is 2.24. The smallest absolute Gasteiger partial charge is 0.320 e. The number of carboxylic acid groups (broad SMARTS) is 1. The van der Waals surface area contributed by atoms with Gasteiger partial charge in [-0.3, -0.25) is 4.79 Å². The quantitative estimate of drug-likeness (QED) is 0.860. The van der Waals surface area contributed by atoms with Crippen LogP contribution in [0.25, 0.3) is 0 Å². The topological polar surface area (TPSA) is 66.6 Å². The predicted octanol–water partition coefficient (Wildman–Crippen LogP) is 1.34. The van der Waals surface area contributed by atoms with Crippen molar-refractivity contribution in [1.29, 1.82) is 0 Å². The minimum atomic E-state index is -0.923. The van der Waals surface area contributed by atoms with Crippen LogP contribution in [0.1, 0.15) is 29.5 Å². The molecule has 19 heavy (non-hydrogen) atoms. The van der Waals surface area contributed by atoms with Crippen LogP contribution in [0.4, 0.5) is 5.69 Å². The van der Waals surface area contributed by atoms with Gasteiger partial charge in [-0.2, -0.15) is 0 Å². The standard InChI is InChI=1S/C15H20N2O2/c16-13(15(18)19)9-10-7-11-3-1-5-17-6-2-4-12(8-10)14(11)17/h7-8,13H,1-6,9,16H2,(H,18,19). The maximum atomic E-state index is 10.9. The maximum Gasteiger partial charge on any atom is 0.320 e. The first-order valence-corrected chi connectivity index (χ1v) is 7.03. The molecule has 0 radical (unpaired) electrons. The molecule has 0 aliphatic carbocycles. The predicted molar refractivity (Wildman–Crippen MR) is 74.6 cm³/mol. The first-order valence-electron chi connectivity index (χ1n) is 7.03. The van der Waals surface area contributed by atoms with Gasteiger partial charge in [0.1, 0.15) is 6.04 Å². The van der Waals surface area contributed by atoms with Crippen molar-refractivity contribution in [3.63, 3.8) is 0 Å². The summed E-state index contributed by atoms with van der Waals surface area (Å²) in [6, 6.07) is 3.53. The lowest BCUT2D eigenvalue weighted by molar-refractivity contribution is -0.138. The number of nitrogens with two attached hydrogens (primary N) is 1. The molecule has 3 N–H and O–H groups in total. The van der Waals surface area contributed by atoms with Gasteiger partial charge in [-0.1, -0.05) is 12.1 Å². The fourth-order valence-electron chi connectivity index (χ4n) is 3.33. The van der Waals surface area contributed by atoms with Crippen molar-refractivity contribution in [3.8, 4) is 0 Å². The molecule has 0 aromatic heterocycles. The Morgan fingerprint density at radius 1 is 1.26 bits per heavy atom. The van der Waals surface area contributed by atoms with Gasteiger partial charge in [-0.25, -0.2) is 0 Å². The van der Waals surface area contributed by atoms with Crippen LogP contribution >= 0.6 is 0 Å². The molecule has 2 heterocycles. The Labute approximate surface area is 113 Å². The summed E-state index contributed by atoms with van der Waals surface area (Å²) in [5, 5.41) is 8.93. The van der Waals surface area contributed by atoms with Gasteiger partial charge in [0.15, 0.2) is 0 Å². The lowest BCUT2D eigenvalue weighted by Gasteiger charge is -2.37. The number of hydrogen-bond acceptors (Lipinski definition) is 3. The van der Waals surface area contributed by atoms with Crippen molar-refractivity contribution in [2.75, 3.05) is 18.0 Å². The molecule has 4 heteroatoms. The molecule has 0 saturated heterocycles. The number of anilines is 1. The third-order valence-electron chi connectivity index (χ3n) is 4.16. The molecule has 0 fully saturated rings. The number of carboxylic acids is 1. The lowest BCUT2D eigenvalue weighted by Crippen LogP contribution is -2.35. The third-order valence-corrected chi connectivity index (χ3v) is 4.16. The zero-order valence-corrected chi connectivity index (χ0v) is 11.1. The maximum absolute atomic E-state index is 10.9. The summed E-state index contributed by atoms with van der Waals surface area (Å²) in [6.45, 7) is 2.32. The zero-order valence-electron chi connectivity index (χ0n) is 11.1. The van der Waals surface area contributed by atoms with Crippen molar-refractivity contribution in [3.05, 3.63) is 28.8 Å². The monoisotopic (exact) mass is 260 g/mol. The van der Waals surface area contributed by atoms with E-state index in [4.69, 9.17) is 10.8 Å². The van der Waals surface area contributed by atoms with Gasteiger partial charge >= 0.3 is 5.97 Å². The average molecular weight is 260 g/mol. The second kappa shape index (κ2) is 4.85. The van der Waals surface area contributed by atoms with E-state index >= 15 is 0 Å². The highest BCUT2D eigenvalue weighted by atomic mass is 16.4. The number of aryl methyl sites for hydroxylation is 2. The molecule has 1 aromatic rings. The van der Waals surface area contributed by atoms with Crippen molar-refractivity contribution in [2.45, 2.75) is 38.1 Å². The Morgan fingerprint density at radius 2 is 1.84 bits per heavy atom. The summed E-state index contributed by atoms with van der Waals surface area (Å²) in [7, 11) is 0. The third kappa shape index (κ3) is 2.32. The highest BCUT2D eigenvalue weighted by Crippen LogP contribution is 2.36. The normalized spacial score (nSPS) is 18.9. The van der Waals surface area contributed by atoms with Gasteiger partial charge in [0.2, 0.25) is 0 Å². The molecular weight excluding hydrogens is 240 g/mol. The molecule has 0 saturated carbocycles. The Bertz CT molecular complexity index is 482. The molecular formula is C15H20N2O2. The van der Waals surface area contributed by atoms with E-state index in [0.29, 0.717) is 6.42 Å². The van der Waals surface area contributed by atoms with Crippen LogP contribution in [0.15, 0.2) is 12.1 Å². The van der Waals surface area contributed by atoms with Gasteiger partial charge in [0.25, 0.3) is 0 Å². The highest BCUT2D eigenvalue weighted by molar-refractivity contribution is 5.74. The number of benzene rings is 1. The van der Waals surface area contributed by atoms with Crippen molar-refractivity contribution in [1.82, 2.24) is 0 Å². The summed E-state index contributed by atoms with van der Waals surface area (Å²) in [4.78, 5) is 13.4. The van der Waals surface area contributed by atoms with Crippen LogP contribution in [-0.4, -0.2) is 30.2 Å².